The van der Waals surface area contributed by atoms with Gasteiger partial charge in [0.05, 0.1) is 29.7 Å². The van der Waals surface area contributed by atoms with E-state index in [1.807, 2.05) is 30.3 Å². The maximum atomic E-state index is 12.7. The van der Waals surface area contributed by atoms with Gasteiger partial charge in [-0.15, -0.1) is 0 Å². The molecule has 2 amide bonds. The van der Waals surface area contributed by atoms with Crippen LogP contribution >= 0.6 is 0 Å². The molecule has 1 saturated heterocycles. The standard InChI is InChI=1S/C19H17N3O2/c23-18-15-12-6-7-13(9-12)16(15)19(24)22(18)10-21-14-5-1-3-11-4-2-8-20-17(11)14/h1-8,12-13,15-16,21H,9-10H2. The zero-order valence-electron chi connectivity index (χ0n) is 13.1. The summed E-state index contributed by atoms with van der Waals surface area (Å²) in [6.07, 6.45) is 6.93. The molecule has 1 N–H and O–H groups in total. The molecule has 3 aliphatic rings. The summed E-state index contributed by atoms with van der Waals surface area (Å²) < 4.78 is 0. The average molecular weight is 319 g/mol. The molecular formula is C19H17N3O2. The van der Waals surface area contributed by atoms with E-state index in [2.05, 4.69) is 22.5 Å². The quantitative estimate of drug-likeness (QED) is 0.697. The van der Waals surface area contributed by atoms with Gasteiger partial charge in [0.2, 0.25) is 11.8 Å². The lowest BCUT2D eigenvalue weighted by atomic mass is 9.85. The lowest BCUT2D eigenvalue weighted by Gasteiger charge is -2.19. The highest BCUT2D eigenvalue weighted by Crippen LogP contribution is 2.52. The summed E-state index contributed by atoms with van der Waals surface area (Å²) in [7, 11) is 0. The second-order valence-electron chi connectivity index (χ2n) is 6.82. The Bertz CT molecular complexity index is 856. The lowest BCUT2D eigenvalue weighted by Crippen LogP contribution is -2.37. The minimum absolute atomic E-state index is 0.0254. The highest BCUT2D eigenvalue weighted by molar-refractivity contribution is 6.06. The molecule has 4 atom stereocenters. The van der Waals surface area contributed by atoms with Crippen LogP contribution in [0.4, 0.5) is 5.69 Å². The van der Waals surface area contributed by atoms with Crippen LogP contribution in [0.2, 0.25) is 0 Å². The molecule has 1 saturated carbocycles. The molecule has 1 aliphatic heterocycles. The maximum Gasteiger partial charge on any atom is 0.235 e. The Labute approximate surface area is 139 Å². The molecule has 24 heavy (non-hydrogen) atoms. The first-order chi connectivity index (χ1) is 11.7. The zero-order valence-corrected chi connectivity index (χ0v) is 13.1. The van der Waals surface area contributed by atoms with Gasteiger partial charge in [-0.3, -0.25) is 19.5 Å². The van der Waals surface area contributed by atoms with E-state index >= 15 is 0 Å². The first-order valence-electron chi connectivity index (χ1n) is 8.35. The Kier molecular flexibility index (Phi) is 2.80. The number of nitrogens with one attached hydrogen (secondary N) is 1. The minimum Gasteiger partial charge on any atom is -0.365 e. The minimum atomic E-state index is -0.139. The van der Waals surface area contributed by atoms with Gasteiger partial charge < -0.3 is 5.32 Å². The number of pyridine rings is 1. The molecule has 2 bridgehead atoms. The molecular weight excluding hydrogens is 302 g/mol. The molecule has 0 spiro atoms. The molecule has 5 heteroatoms. The smallest absolute Gasteiger partial charge is 0.235 e. The topological polar surface area (TPSA) is 62.3 Å². The number of likely N-dealkylation sites (tertiary alicyclic amines) is 1. The number of allylic oxidation sites excluding steroid dienone is 2. The molecule has 5 nitrogen and oxygen atoms in total. The van der Waals surface area contributed by atoms with Crippen molar-refractivity contribution < 1.29 is 9.59 Å². The number of anilines is 1. The van der Waals surface area contributed by atoms with Gasteiger partial charge in [-0.1, -0.05) is 30.4 Å². The summed E-state index contributed by atoms with van der Waals surface area (Å²) in [5, 5.41) is 4.26. The van der Waals surface area contributed by atoms with Crippen molar-refractivity contribution >= 4 is 28.4 Å². The zero-order chi connectivity index (χ0) is 16.3. The summed E-state index contributed by atoms with van der Waals surface area (Å²) in [6, 6.07) is 9.75. The third-order valence-corrected chi connectivity index (χ3v) is 5.62. The van der Waals surface area contributed by atoms with Gasteiger partial charge in [0.15, 0.2) is 0 Å². The van der Waals surface area contributed by atoms with Crippen molar-refractivity contribution in [3.05, 3.63) is 48.7 Å². The molecule has 5 rings (SSSR count). The van der Waals surface area contributed by atoms with Gasteiger partial charge >= 0.3 is 0 Å². The number of nitrogens with zero attached hydrogens (tertiary/aromatic N) is 2. The molecule has 2 heterocycles. The predicted molar refractivity (Wildman–Crippen MR) is 89.8 cm³/mol. The Morgan fingerprint density at radius 1 is 1.04 bits per heavy atom. The van der Waals surface area contributed by atoms with Crippen molar-refractivity contribution in [2.24, 2.45) is 23.7 Å². The van der Waals surface area contributed by atoms with E-state index in [1.54, 1.807) is 6.20 Å². The Balaban J connectivity index is 1.39. The number of amides is 2. The van der Waals surface area contributed by atoms with Gasteiger partial charge in [-0.2, -0.15) is 0 Å². The number of hydrogen-bond acceptors (Lipinski definition) is 4. The second kappa shape index (κ2) is 4.90. The highest BCUT2D eigenvalue weighted by atomic mass is 16.2. The van der Waals surface area contributed by atoms with E-state index in [-0.39, 0.29) is 42.2 Å². The lowest BCUT2D eigenvalue weighted by molar-refractivity contribution is -0.140. The van der Waals surface area contributed by atoms with Crippen molar-refractivity contribution in [3.63, 3.8) is 0 Å². The summed E-state index contributed by atoms with van der Waals surface area (Å²) in [6.45, 7) is 0.208. The number of hydrogen-bond donors (Lipinski definition) is 1. The first-order valence-corrected chi connectivity index (χ1v) is 8.35. The summed E-state index contributed by atoms with van der Waals surface area (Å²) in [4.78, 5) is 31.2. The predicted octanol–water partition coefficient (Wildman–Crippen LogP) is 2.41. The Morgan fingerprint density at radius 3 is 2.50 bits per heavy atom. The third kappa shape index (κ3) is 1.78. The molecule has 4 unspecified atom stereocenters. The second-order valence-corrected chi connectivity index (χ2v) is 6.82. The molecule has 2 aliphatic carbocycles. The van der Waals surface area contributed by atoms with Crippen LogP contribution in [0.5, 0.6) is 0 Å². The van der Waals surface area contributed by atoms with E-state index in [9.17, 15) is 9.59 Å². The Hall–Kier alpha value is -2.69. The highest BCUT2D eigenvalue weighted by Gasteiger charge is 2.59. The van der Waals surface area contributed by atoms with E-state index in [0.717, 1.165) is 23.0 Å². The number of fused-ring (bicyclic) bond motifs is 6. The number of aromatic nitrogens is 1. The molecule has 1 aromatic carbocycles. The van der Waals surface area contributed by atoms with Crippen LogP contribution in [-0.4, -0.2) is 28.4 Å². The molecule has 2 fully saturated rings. The van der Waals surface area contributed by atoms with Crippen molar-refractivity contribution in [1.82, 2.24) is 9.88 Å². The molecule has 0 radical (unpaired) electrons. The van der Waals surface area contributed by atoms with Crippen molar-refractivity contribution in [2.75, 3.05) is 12.0 Å². The van der Waals surface area contributed by atoms with E-state index in [0.29, 0.717) is 0 Å². The van der Waals surface area contributed by atoms with E-state index < -0.39 is 0 Å². The average Bonchev–Trinajstić information content (AvgIpc) is 3.28. The van der Waals surface area contributed by atoms with Crippen LogP contribution in [0.1, 0.15) is 6.42 Å². The van der Waals surface area contributed by atoms with E-state index in [1.165, 1.54) is 4.90 Å². The number of benzene rings is 1. The van der Waals surface area contributed by atoms with Gasteiger partial charge in [0, 0.05) is 11.6 Å². The SMILES string of the molecule is O=C1C2C3C=CC(C3)C2C(=O)N1CNc1cccc2cccnc12. The summed E-state index contributed by atoms with van der Waals surface area (Å²) >= 11 is 0. The normalized spacial score (nSPS) is 30.4. The number of rotatable bonds is 3. The maximum absolute atomic E-state index is 12.7. The molecule has 120 valence electrons. The van der Waals surface area contributed by atoms with Gasteiger partial charge in [0.1, 0.15) is 0 Å². The van der Waals surface area contributed by atoms with Crippen LogP contribution in [-0.2, 0) is 9.59 Å². The number of carbonyl (C=O) groups is 2. The fourth-order valence-electron chi connectivity index (χ4n) is 4.53. The van der Waals surface area contributed by atoms with Gasteiger partial charge in [-0.25, -0.2) is 0 Å². The molecule has 2 aromatic rings. The fourth-order valence-corrected chi connectivity index (χ4v) is 4.53. The summed E-state index contributed by atoms with van der Waals surface area (Å²) in [5.41, 5.74) is 1.69. The summed E-state index contributed by atoms with van der Waals surface area (Å²) in [5.74, 6) is 0.173. The van der Waals surface area contributed by atoms with Crippen molar-refractivity contribution in [1.29, 1.82) is 0 Å². The van der Waals surface area contributed by atoms with Crippen LogP contribution < -0.4 is 5.32 Å². The molecule has 1 aromatic heterocycles. The van der Waals surface area contributed by atoms with Crippen LogP contribution in [0.15, 0.2) is 48.7 Å². The fraction of sp³-hybridized carbons (Fsp3) is 0.316. The van der Waals surface area contributed by atoms with E-state index in [4.69, 9.17) is 0 Å². The van der Waals surface area contributed by atoms with Crippen LogP contribution in [0, 0.1) is 23.7 Å². The van der Waals surface area contributed by atoms with Crippen LogP contribution in [0.25, 0.3) is 10.9 Å². The van der Waals surface area contributed by atoms with Gasteiger partial charge in [0.25, 0.3) is 0 Å². The largest absolute Gasteiger partial charge is 0.365 e. The first kappa shape index (κ1) is 13.7. The monoisotopic (exact) mass is 319 g/mol. The Morgan fingerprint density at radius 2 is 1.75 bits per heavy atom. The third-order valence-electron chi connectivity index (χ3n) is 5.62. The van der Waals surface area contributed by atoms with Crippen molar-refractivity contribution in [2.45, 2.75) is 6.42 Å². The van der Waals surface area contributed by atoms with Crippen LogP contribution in [0.3, 0.4) is 0 Å². The number of imide groups is 1. The number of para-hydroxylation sites is 1. The number of carbonyl (C=O) groups excluding carboxylic acids is 2. The van der Waals surface area contributed by atoms with Crippen molar-refractivity contribution in [3.8, 4) is 0 Å². The van der Waals surface area contributed by atoms with Gasteiger partial charge in [-0.05, 0) is 30.4 Å².